The van der Waals surface area contributed by atoms with E-state index in [2.05, 4.69) is 33.2 Å². The first-order chi connectivity index (χ1) is 16.6. The lowest BCUT2D eigenvalue weighted by Crippen LogP contribution is -2.27. The van der Waals surface area contributed by atoms with Crippen LogP contribution >= 0.6 is 0 Å². The molecule has 0 spiro atoms. The second-order valence-electron chi connectivity index (χ2n) is 8.78. The smallest absolute Gasteiger partial charge is 0.229 e. The second kappa shape index (κ2) is 9.70. The van der Waals surface area contributed by atoms with Crippen molar-refractivity contribution in [3.8, 4) is 5.75 Å². The maximum Gasteiger partial charge on any atom is 0.229 e. The summed E-state index contributed by atoms with van der Waals surface area (Å²) >= 11 is 0. The first-order valence-corrected chi connectivity index (χ1v) is 11.8. The number of hydrogen-bond acceptors (Lipinski definition) is 7. The van der Waals surface area contributed by atoms with Crippen molar-refractivity contribution in [1.29, 1.82) is 0 Å². The number of nitrogens with two attached hydrogens (primary N) is 1. The van der Waals surface area contributed by atoms with E-state index in [0.717, 1.165) is 40.1 Å². The van der Waals surface area contributed by atoms with E-state index in [1.165, 1.54) is 31.5 Å². The van der Waals surface area contributed by atoms with Gasteiger partial charge in [-0.25, -0.2) is 10.8 Å². The minimum Gasteiger partial charge on any atom is -0.492 e. The maximum absolute atomic E-state index is 6.55. The zero-order valence-corrected chi connectivity index (χ0v) is 19.7. The van der Waals surface area contributed by atoms with E-state index in [-0.39, 0.29) is 0 Å². The number of nitrogens with zero attached hydrogens (tertiary/aromatic N) is 4. The summed E-state index contributed by atoms with van der Waals surface area (Å²) in [6.07, 6.45) is 6.30. The summed E-state index contributed by atoms with van der Waals surface area (Å²) in [5.41, 5.74) is 4.89. The molecule has 3 heterocycles. The third-order valence-corrected chi connectivity index (χ3v) is 6.33. The highest BCUT2D eigenvalue weighted by molar-refractivity contribution is 5.95. The van der Waals surface area contributed by atoms with E-state index in [0.29, 0.717) is 18.4 Å². The van der Waals surface area contributed by atoms with Gasteiger partial charge in [-0.1, -0.05) is 6.07 Å². The molecule has 0 radical (unpaired) electrons. The van der Waals surface area contributed by atoms with E-state index < -0.39 is 0 Å². The molecule has 4 aromatic rings. The number of benzene rings is 2. The number of rotatable bonds is 8. The molecule has 0 unspecified atom stereocenters. The molecule has 8 heteroatoms. The Hall–Kier alpha value is -3.62. The number of fused-ring (bicyclic) bond motifs is 1. The fourth-order valence-corrected chi connectivity index (χ4v) is 4.41. The molecule has 1 fully saturated rings. The van der Waals surface area contributed by atoms with E-state index in [1.54, 1.807) is 11.2 Å². The van der Waals surface area contributed by atoms with Crippen LogP contribution in [0.3, 0.4) is 0 Å². The second-order valence-corrected chi connectivity index (χ2v) is 8.78. The Balaban J connectivity index is 1.28. The third-order valence-electron chi connectivity index (χ3n) is 6.33. The van der Waals surface area contributed by atoms with Crippen LogP contribution in [0.1, 0.15) is 24.0 Å². The highest BCUT2D eigenvalue weighted by atomic mass is 16.5. The molecule has 1 aliphatic heterocycles. The predicted octanol–water partition coefficient (Wildman–Crippen LogP) is 4.80. The zero-order chi connectivity index (χ0) is 23.5. The van der Waals surface area contributed by atoms with E-state index >= 15 is 0 Å². The number of ether oxygens (including phenoxy) is 1. The molecule has 0 saturated carbocycles. The van der Waals surface area contributed by atoms with Gasteiger partial charge >= 0.3 is 0 Å². The molecular weight excluding hydrogens is 426 g/mol. The Kier molecular flexibility index (Phi) is 6.33. The van der Waals surface area contributed by atoms with Gasteiger partial charge in [0.2, 0.25) is 5.95 Å². The van der Waals surface area contributed by atoms with Gasteiger partial charge in [-0.2, -0.15) is 4.98 Å². The molecule has 1 saturated heterocycles. The minimum atomic E-state index is 0.483. The number of aromatic amines is 1. The van der Waals surface area contributed by atoms with Crippen molar-refractivity contribution in [2.45, 2.75) is 26.7 Å². The van der Waals surface area contributed by atoms with Crippen LogP contribution in [-0.4, -0.2) is 46.1 Å². The largest absolute Gasteiger partial charge is 0.492 e. The Labute approximate surface area is 199 Å². The summed E-state index contributed by atoms with van der Waals surface area (Å²) in [4.78, 5) is 14.9. The first-order valence-electron chi connectivity index (χ1n) is 11.8. The SMILES string of the molecule is Cc1cnc(Nc2ccc(OCCN3CCCC3)cc2)nc1N(N)c1ccc(C)c2[nH]ccc12. The number of likely N-dealkylation sites (tertiary alicyclic amines) is 1. The summed E-state index contributed by atoms with van der Waals surface area (Å²) in [7, 11) is 0. The standard InChI is InChI=1S/C26H31N7O/c1-18-5-10-23(22-11-12-28-24(18)22)33(27)25-19(2)17-29-26(31-25)30-20-6-8-21(9-7-20)34-16-15-32-13-3-4-14-32/h5-12,17,28H,3-4,13-16,27H2,1-2H3,(H,29,30,31). The molecule has 34 heavy (non-hydrogen) atoms. The van der Waals surface area contributed by atoms with Crippen LogP contribution in [0.2, 0.25) is 0 Å². The molecule has 2 aromatic carbocycles. The predicted molar refractivity (Wildman–Crippen MR) is 137 cm³/mol. The van der Waals surface area contributed by atoms with Gasteiger partial charge in [-0.05, 0) is 81.7 Å². The minimum absolute atomic E-state index is 0.483. The molecular formula is C26H31N7O. The van der Waals surface area contributed by atoms with Crippen LogP contribution < -0.4 is 20.9 Å². The lowest BCUT2D eigenvalue weighted by atomic mass is 10.1. The Morgan fingerprint density at radius 3 is 2.65 bits per heavy atom. The Bertz CT molecular complexity index is 1260. The van der Waals surface area contributed by atoms with Gasteiger partial charge in [0.25, 0.3) is 0 Å². The summed E-state index contributed by atoms with van der Waals surface area (Å²) < 4.78 is 5.90. The number of aromatic nitrogens is 3. The van der Waals surface area contributed by atoms with Crippen molar-refractivity contribution < 1.29 is 4.74 Å². The van der Waals surface area contributed by atoms with Crippen LogP contribution in [0.5, 0.6) is 5.75 Å². The summed E-state index contributed by atoms with van der Waals surface area (Å²) in [6.45, 7) is 8.08. The molecule has 5 rings (SSSR count). The van der Waals surface area contributed by atoms with Gasteiger partial charge in [0.15, 0.2) is 5.82 Å². The molecule has 0 bridgehead atoms. The van der Waals surface area contributed by atoms with Crippen molar-refractivity contribution >= 4 is 34.0 Å². The molecule has 4 N–H and O–H groups in total. The van der Waals surface area contributed by atoms with Crippen LogP contribution in [0.4, 0.5) is 23.1 Å². The fraction of sp³-hybridized carbons (Fsp3) is 0.308. The van der Waals surface area contributed by atoms with Gasteiger partial charge < -0.3 is 15.0 Å². The van der Waals surface area contributed by atoms with Gasteiger partial charge in [0.1, 0.15) is 12.4 Å². The number of H-pyrrole nitrogens is 1. The lowest BCUT2D eigenvalue weighted by molar-refractivity contribution is 0.238. The molecule has 2 aromatic heterocycles. The normalized spacial score (nSPS) is 14.0. The van der Waals surface area contributed by atoms with E-state index in [4.69, 9.17) is 15.6 Å². The van der Waals surface area contributed by atoms with Crippen LogP contribution in [0.25, 0.3) is 10.9 Å². The Morgan fingerprint density at radius 2 is 1.85 bits per heavy atom. The molecule has 0 atom stereocenters. The van der Waals surface area contributed by atoms with Crippen LogP contribution in [-0.2, 0) is 0 Å². The zero-order valence-electron chi connectivity index (χ0n) is 19.7. The molecule has 176 valence electrons. The summed E-state index contributed by atoms with van der Waals surface area (Å²) in [6, 6.07) is 14.0. The molecule has 0 amide bonds. The van der Waals surface area contributed by atoms with Gasteiger partial charge in [-0.15, -0.1) is 0 Å². The van der Waals surface area contributed by atoms with Crippen LogP contribution in [0, 0.1) is 13.8 Å². The molecule has 1 aliphatic rings. The van der Waals surface area contributed by atoms with Crippen molar-refractivity contribution in [3.63, 3.8) is 0 Å². The highest BCUT2D eigenvalue weighted by Crippen LogP contribution is 2.32. The lowest BCUT2D eigenvalue weighted by Gasteiger charge is -2.21. The van der Waals surface area contributed by atoms with Crippen molar-refractivity contribution in [3.05, 3.63) is 66.0 Å². The van der Waals surface area contributed by atoms with Crippen molar-refractivity contribution in [1.82, 2.24) is 19.9 Å². The number of anilines is 4. The Morgan fingerprint density at radius 1 is 1.06 bits per heavy atom. The van der Waals surface area contributed by atoms with E-state index in [1.807, 2.05) is 49.5 Å². The highest BCUT2D eigenvalue weighted by Gasteiger charge is 2.16. The van der Waals surface area contributed by atoms with Crippen LogP contribution in [0.15, 0.2) is 54.9 Å². The monoisotopic (exact) mass is 457 g/mol. The van der Waals surface area contributed by atoms with Crippen molar-refractivity contribution in [2.75, 3.05) is 36.6 Å². The molecule has 0 aliphatic carbocycles. The topological polar surface area (TPSA) is 95.3 Å². The van der Waals surface area contributed by atoms with Gasteiger partial charge in [-0.3, -0.25) is 9.91 Å². The maximum atomic E-state index is 6.55. The van der Waals surface area contributed by atoms with Gasteiger partial charge in [0, 0.05) is 35.6 Å². The average molecular weight is 458 g/mol. The van der Waals surface area contributed by atoms with E-state index in [9.17, 15) is 0 Å². The number of aryl methyl sites for hydroxylation is 2. The number of nitrogens with one attached hydrogen (secondary N) is 2. The molecule has 8 nitrogen and oxygen atoms in total. The number of hydrogen-bond donors (Lipinski definition) is 3. The third kappa shape index (κ3) is 4.69. The first kappa shape index (κ1) is 22.2. The fourth-order valence-electron chi connectivity index (χ4n) is 4.41. The van der Waals surface area contributed by atoms with Crippen molar-refractivity contribution in [2.24, 2.45) is 5.84 Å². The van der Waals surface area contributed by atoms with Gasteiger partial charge in [0.05, 0.1) is 11.2 Å². The average Bonchev–Trinajstić information content (AvgIpc) is 3.54. The summed E-state index contributed by atoms with van der Waals surface area (Å²) in [5, 5.41) is 5.94. The summed E-state index contributed by atoms with van der Waals surface area (Å²) in [5.74, 6) is 8.53. The number of hydrazine groups is 1. The quantitative estimate of drug-likeness (QED) is 0.258.